The predicted octanol–water partition coefficient (Wildman–Crippen LogP) is 3.62. The second kappa shape index (κ2) is 5.39. The number of nitrogens with one attached hydrogen (secondary N) is 1. The lowest BCUT2D eigenvalue weighted by Gasteiger charge is -2.11. The van der Waals surface area contributed by atoms with Gasteiger partial charge in [-0.3, -0.25) is 0 Å². The number of rotatable bonds is 4. The second-order valence-corrected chi connectivity index (χ2v) is 4.03. The summed E-state index contributed by atoms with van der Waals surface area (Å²) < 4.78 is 5.35. The topological polar surface area (TPSA) is 21.3 Å². The van der Waals surface area contributed by atoms with Crippen LogP contribution in [0, 0.1) is 6.92 Å². The van der Waals surface area contributed by atoms with Gasteiger partial charge in [-0.05, 0) is 25.1 Å². The molecule has 0 heterocycles. The summed E-state index contributed by atoms with van der Waals surface area (Å²) in [5.74, 6) is 0.930. The molecule has 0 spiro atoms. The lowest BCUT2D eigenvalue weighted by atomic mass is 10.1. The van der Waals surface area contributed by atoms with Crippen molar-refractivity contribution >= 4 is 5.69 Å². The summed E-state index contributed by atoms with van der Waals surface area (Å²) in [6.07, 6.45) is 0. The van der Waals surface area contributed by atoms with Gasteiger partial charge in [0.1, 0.15) is 5.75 Å². The quantitative estimate of drug-likeness (QED) is 0.861. The zero-order valence-corrected chi connectivity index (χ0v) is 10.2. The molecule has 0 radical (unpaired) electrons. The van der Waals surface area contributed by atoms with E-state index in [2.05, 4.69) is 36.5 Å². The van der Waals surface area contributed by atoms with Gasteiger partial charge in [0.05, 0.1) is 7.11 Å². The first-order valence-electron chi connectivity index (χ1n) is 5.72. The van der Waals surface area contributed by atoms with Crippen LogP contribution in [-0.2, 0) is 6.54 Å². The van der Waals surface area contributed by atoms with Crippen LogP contribution < -0.4 is 10.1 Å². The van der Waals surface area contributed by atoms with Gasteiger partial charge in [-0.25, -0.2) is 0 Å². The first-order valence-corrected chi connectivity index (χ1v) is 5.72. The Labute approximate surface area is 102 Å². The van der Waals surface area contributed by atoms with Crippen LogP contribution in [0.5, 0.6) is 5.75 Å². The van der Waals surface area contributed by atoms with Crippen LogP contribution in [0.25, 0.3) is 0 Å². The molecule has 2 nitrogen and oxygen atoms in total. The zero-order chi connectivity index (χ0) is 12.1. The van der Waals surface area contributed by atoms with Crippen LogP contribution in [-0.4, -0.2) is 7.11 Å². The average Bonchev–Trinajstić information content (AvgIpc) is 2.38. The number of para-hydroxylation sites is 1. The molecule has 88 valence electrons. The molecular weight excluding hydrogens is 210 g/mol. The molecule has 2 aromatic carbocycles. The van der Waals surface area contributed by atoms with E-state index < -0.39 is 0 Å². The van der Waals surface area contributed by atoms with Crippen molar-refractivity contribution in [3.63, 3.8) is 0 Å². The lowest BCUT2D eigenvalue weighted by Crippen LogP contribution is -2.01. The highest BCUT2D eigenvalue weighted by Crippen LogP contribution is 2.20. The fourth-order valence-corrected chi connectivity index (χ4v) is 1.80. The van der Waals surface area contributed by atoms with Gasteiger partial charge in [0.15, 0.2) is 0 Å². The number of anilines is 1. The fraction of sp³-hybridized carbons (Fsp3) is 0.200. The number of ether oxygens (including phenoxy) is 1. The van der Waals surface area contributed by atoms with E-state index in [1.54, 1.807) is 7.11 Å². The molecule has 0 saturated carbocycles. The van der Waals surface area contributed by atoms with Crippen molar-refractivity contribution in [3.05, 3.63) is 59.7 Å². The highest BCUT2D eigenvalue weighted by Gasteiger charge is 2.02. The standard InChI is InChI=1S/C15H17NO/c1-12-8-9-15(17-2)13(10-12)11-16-14-6-4-3-5-7-14/h3-10,16H,11H2,1-2H3. The Hall–Kier alpha value is -1.96. The molecule has 0 aliphatic carbocycles. The summed E-state index contributed by atoms with van der Waals surface area (Å²) in [5, 5.41) is 3.38. The summed E-state index contributed by atoms with van der Waals surface area (Å²) in [4.78, 5) is 0. The van der Waals surface area contributed by atoms with Crippen molar-refractivity contribution in [3.8, 4) is 5.75 Å². The third kappa shape index (κ3) is 3.00. The molecule has 0 saturated heterocycles. The van der Waals surface area contributed by atoms with Crippen LogP contribution in [0.1, 0.15) is 11.1 Å². The molecule has 2 aromatic rings. The smallest absolute Gasteiger partial charge is 0.123 e. The van der Waals surface area contributed by atoms with Gasteiger partial charge in [0.25, 0.3) is 0 Å². The van der Waals surface area contributed by atoms with Crippen molar-refractivity contribution in [1.29, 1.82) is 0 Å². The van der Waals surface area contributed by atoms with Crippen molar-refractivity contribution in [2.75, 3.05) is 12.4 Å². The lowest BCUT2D eigenvalue weighted by molar-refractivity contribution is 0.410. The summed E-state index contributed by atoms with van der Waals surface area (Å²) in [6.45, 7) is 2.86. The molecule has 0 bridgehead atoms. The molecule has 0 atom stereocenters. The maximum absolute atomic E-state index is 5.35. The minimum Gasteiger partial charge on any atom is -0.496 e. The van der Waals surface area contributed by atoms with Crippen molar-refractivity contribution < 1.29 is 4.74 Å². The van der Waals surface area contributed by atoms with Crippen LogP contribution in [0.15, 0.2) is 48.5 Å². The van der Waals surface area contributed by atoms with Gasteiger partial charge in [0.2, 0.25) is 0 Å². The van der Waals surface area contributed by atoms with Crippen LogP contribution in [0.4, 0.5) is 5.69 Å². The number of hydrogen-bond acceptors (Lipinski definition) is 2. The Bertz CT molecular complexity index is 480. The molecule has 0 aliphatic rings. The fourth-order valence-electron chi connectivity index (χ4n) is 1.80. The third-order valence-corrected chi connectivity index (χ3v) is 2.69. The van der Waals surface area contributed by atoms with E-state index in [0.717, 1.165) is 18.0 Å². The summed E-state index contributed by atoms with van der Waals surface area (Å²) in [5.41, 5.74) is 3.54. The van der Waals surface area contributed by atoms with Gasteiger partial charge in [-0.15, -0.1) is 0 Å². The monoisotopic (exact) mass is 227 g/mol. The first-order chi connectivity index (χ1) is 8.29. The molecule has 1 N–H and O–H groups in total. The van der Waals surface area contributed by atoms with E-state index in [1.807, 2.05) is 24.3 Å². The minimum absolute atomic E-state index is 0.773. The van der Waals surface area contributed by atoms with Crippen molar-refractivity contribution in [2.24, 2.45) is 0 Å². The molecule has 2 heteroatoms. The second-order valence-electron chi connectivity index (χ2n) is 4.03. The highest BCUT2D eigenvalue weighted by atomic mass is 16.5. The van der Waals surface area contributed by atoms with E-state index >= 15 is 0 Å². The molecule has 0 fully saturated rings. The molecule has 2 rings (SSSR count). The maximum atomic E-state index is 5.35. The summed E-state index contributed by atoms with van der Waals surface area (Å²) >= 11 is 0. The van der Waals surface area contributed by atoms with E-state index in [0.29, 0.717) is 0 Å². The number of benzene rings is 2. The highest BCUT2D eigenvalue weighted by molar-refractivity contribution is 5.45. The van der Waals surface area contributed by atoms with Crippen molar-refractivity contribution in [1.82, 2.24) is 0 Å². The number of hydrogen-bond donors (Lipinski definition) is 1. The van der Waals surface area contributed by atoms with Crippen molar-refractivity contribution in [2.45, 2.75) is 13.5 Å². The van der Waals surface area contributed by atoms with Crippen LogP contribution >= 0.6 is 0 Å². The largest absolute Gasteiger partial charge is 0.496 e. The summed E-state index contributed by atoms with van der Waals surface area (Å²) in [7, 11) is 1.71. The molecule has 0 amide bonds. The zero-order valence-electron chi connectivity index (χ0n) is 10.2. The molecule has 0 aromatic heterocycles. The first kappa shape index (κ1) is 11.5. The van der Waals surface area contributed by atoms with E-state index in [9.17, 15) is 0 Å². The third-order valence-electron chi connectivity index (χ3n) is 2.69. The Kier molecular flexibility index (Phi) is 3.66. The van der Waals surface area contributed by atoms with Gasteiger partial charge in [-0.2, -0.15) is 0 Å². The minimum atomic E-state index is 0.773. The molecular formula is C15H17NO. The molecule has 17 heavy (non-hydrogen) atoms. The normalized spacial score (nSPS) is 10.0. The Balaban J connectivity index is 2.11. The van der Waals surface area contributed by atoms with Crippen LogP contribution in [0.3, 0.4) is 0 Å². The molecule has 0 unspecified atom stereocenters. The SMILES string of the molecule is COc1ccc(C)cc1CNc1ccccc1. The molecule has 0 aliphatic heterocycles. The van der Waals surface area contributed by atoms with E-state index in [-0.39, 0.29) is 0 Å². The predicted molar refractivity (Wildman–Crippen MR) is 71.5 cm³/mol. The van der Waals surface area contributed by atoms with Gasteiger partial charge in [0, 0.05) is 17.8 Å². The maximum Gasteiger partial charge on any atom is 0.123 e. The van der Waals surface area contributed by atoms with E-state index in [4.69, 9.17) is 4.74 Å². The van der Waals surface area contributed by atoms with Crippen LogP contribution in [0.2, 0.25) is 0 Å². The van der Waals surface area contributed by atoms with E-state index in [1.165, 1.54) is 11.1 Å². The van der Waals surface area contributed by atoms with Gasteiger partial charge >= 0.3 is 0 Å². The Morgan fingerprint density at radius 3 is 2.53 bits per heavy atom. The average molecular weight is 227 g/mol. The Morgan fingerprint density at radius 2 is 1.82 bits per heavy atom. The number of aryl methyl sites for hydroxylation is 1. The Morgan fingerprint density at radius 1 is 1.06 bits per heavy atom. The number of methoxy groups -OCH3 is 1. The summed E-state index contributed by atoms with van der Waals surface area (Å²) in [6, 6.07) is 16.4. The van der Waals surface area contributed by atoms with Gasteiger partial charge in [-0.1, -0.05) is 35.9 Å². The van der Waals surface area contributed by atoms with Gasteiger partial charge < -0.3 is 10.1 Å².